The van der Waals surface area contributed by atoms with Crippen LogP contribution in [0.1, 0.15) is 28.8 Å². The zero-order valence-electron chi connectivity index (χ0n) is 11.1. The minimum Gasteiger partial charge on any atom is -0.348 e. The van der Waals surface area contributed by atoms with Crippen LogP contribution in [0, 0.1) is 22.9 Å². The number of halogens is 1. The minimum absolute atomic E-state index is 0.0839. The van der Waals surface area contributed by atoms with Crippen LogP contribution in [-0.4, -0.2) is 30.0 Å². The predicted molar refractivity (Wildman–Crippen MR) is 71.1 cm³/mol. The zero-order chi connectivity index (χ0) is 14.7. The molecule has 1 aromatic carbocycles. The molecule has 108 valence electrons. The fourth-order valence-corrected chi connectivity index (χ4v) is 2.39. The summed E-state index contributed by atoms with van der Waals surface area (Å²) in [6.07, 6.45) is 1.73. The van der Waals surface area contributed by atoms with E-state index in [0.717, 1.165) is 31.5 Å². The average Bonchev–Trinajstić information content (AvgIpc) is 2.38. The highest BCUT2D eigenvalue weighted by atomic mass is 19.1. The number of hydrogen-bond donors (Lipinski definition) is 2. The van der Waals surface area contributed by atoms with Crippen LogP contribution in [0.5, 0.6) is 0 Å². The SMILES string of the molecule is Cc1cc(F)cc(C(=O)N[C@H]2CCCNC2)c1[N+](=O)[O-]. The zero-order valence-corrected chi connectivity index (χ0v) is 11.1. The molecule has 1 aliphatic rings. The standard InChI is InChI=1S/C13H16FN3O3/c1-8-5-9(14)6-11(12(8)17(19)20)13(18)16-10-3-2-4-15-7-10/h5-6,10,15H,2-4,7H2,1H3,(H,16,18)/t10-/m0/s1. The van der Waals surface area contributed by atoms with Crippen LogP contribution in [0.15, 0.2) is 12.1 Å². The van der Waals surface area contributed by atoms with E-state index in [4.69, 9.17) is 0 Å². The highest BCUT2D eigenvalue weighted by Gasteiger charge is 2.26. The lowest BCUT2D eigenvalue weighted by Gasteiger charge is -2.23. The highest BCUT2D eigenvalue weighted by Crippen LogP contribution is 2.25. The molecule has 0 aromatic heterocycles. The van der Waals surface area contributed by atoms with Gasteiger partial charge in [0.2, 0.25) is 0 Å². The molecule has 1 amide bonds. The smallest absolute Gasteiger partial charge is 0.285 e. The van der Waals surface area contributed by atoms with Gasteiger partial charge in [-0.3, -0.25) is 14.9 Å². The van der Waals surface area contributed by atoms with E-state index < -0.39 is 16.6 Å². The highest BCUT2D eigenvalue weighted by molar-refractivity contribution is 5.98. The van der Waals surface area contributed by atoms with Gasteiger partial charge in [0.15, 0.2) is 0 Å². The molecule has 7 heteroatoms. The number of amides is 1. The van der Waals surface area contributed by atoms with Gasteiger partial charge in [0.1, 0.15) is 11.4 Å². The number of piperidine rings is 1. The molecule has 1 aliphatic heterocycles. The minimum atomic E-state index is -0.653. The second kappa shape index (κ2) is 5.96. The second-order valence-electron chi connectivity index (χ2n) is 4.89. The van der Waals surface area contributed by atoms with Gasteiger partial charge in [-0.2, -0.15) is 0 Å². The van der Waals surface area contributed by atoms with Crippen molar-refractivity contribution in [3.63, 3.8) is 0 Å². The topological polar surface area (TPSA) is 84.3 Å². The molecule has 1 fully saturated rings. The van der Waals surface area contributed by atoms with Gasteiger partial charge in [0.05, 0.1) is 4.92 Å². The molecule has 6 nitrogen and oxygen atoms in total. The summed E-state index contributed by atoms with van der Waals surface area (Å²) in [5.41, 5.74) is -0.423. The Morgan fingerprint density at radius 2 is 2.30 bits per heavy atom. The van der Waals surface area contributed by atoms with Crippen LogP contribution in [0.25, 0.3) is 0 Å². The fraction of sp³-hybridized carbons (Fsp3) is 0.462. The van der Waals surface area contributed by atoms with Gasteiger partial charge in [0, 0.05) is 18.2 Å². The van der Waals surface area contributed by atoms with Crippen molar-refractivity contribution >= 4 is 11.6 Å². The van der Waals surface area contributed by atoms with Crippen LogP contribution in [-0.2, 0) is 0 Å². The Kier molecular flexibility index (Phi) is 4.29. The van der Waals surface area contributed by atoms with Gasteiger partial charge in [0.25, 0.3) is 11.6 Å². The maximum atomic E-state index is 13.4. The molecule has 2 N–H and O–H groups in total. The van der Waals surface area contributed by atoms with Gasteiger partial charge < -0.3 is 10.6 Å². The normalized spacial score (nSPS) is 18.6. The first-order valence-electron chi connectivity index (χ1n) is 6.45. The molecule has 0 radical (unpaired) electrons. The van der Waals surface area contributed by atoms with Gasteiger partial charge >= 0.3 is 0 Å². The molecule has 0 spiro atoms. The molecule has 0 aliphatic carbocycles. The lowest BCUT2D eigenvalue weighted by atomic mass is 10.0. The lowest BCUT2D eigenvalue weighted by molar-refractivity contribution is -0.385. The molecular weight excluding hydrogens is 265 g/mol. The van der Waals surface area contributed by atoms with E-state index in [1.54, 1.807) is 0 Å². The molecule has 1 atom stereocenters. The quantitative estimate of drug-likeness (QED) is 0.650. The van der Waals surface area contributed by atoms with Gasteiger partial charge in [-0.05, 0) is 38.4 Å². The number of aryl methyl sites for hydroxylation is 1. The molecule has 1 saturated heterocycles. The first kappa shape index (κ1) is 14.4. The molecular formula is C13H16FN3O3. The van der Waals surface area contributed by atoms with Crippen LogP contribution in [0.3, 0.4) is 0 Å². The number of benzene rings is 1. The van der Waals surface area contributed by atoms with Crippen molar-refractivity contribution in [3.8, 4) is 0 Å². The summed E-state index contributed by atoms with van der Waals surface area (Å²) in [6.45, 7) is 2.93. The molecule has 0 saturated carbocycles. The first-order valence-corrected chi connectivity index (χ1v) is 6.45. The Bertz CT molecular complexity index is 542. The van der Waals surface area contributed by atoms with Crippen LogP contribution >= 0.6 is 0 Å². The van der Waals surface area contributed by atoms with Gasteiger partial charge in [-0.1, -0.05) is 0 Å². The number of nitrogens with zero attached hydrogens (tertiary/aromatic N) is 1. The fourth-order valence-electron chi connectivity index (χ4n) is 2.39. The van der Waals surface area contributed by atoms with Crippen LogP contribution < -0.4 is 10.6 Å². The van der Waals surface area contributed by atoms with Gasteiger partial charge in [-0.15, -0.1) is 0 Å². The third kappa shape index (κ3) is 3.11. The number of hydrogen-bond acceptors (Lipinski definition) is 4. The maximum absolute atomic E-state index is 13.4. The summed E-state index contributed by atoms with van der Waals surface area (Å²) in [4.78, 5) is 22.5. The maximum Gasteiger partial charge on any atom is 0.285 e. The van der Waals surface area contributed by atoms with E-state index in [0.29, 0.717) is 6.54 Å². The van der Waals surface area contributed by atoms with Crippen LogP contribution in [0.2, 0.25) is 0 Å². The number of carbonyl (C=O) groups is 1. The number of nitrogens with one attached hydrogen (secondary N) is 2. The number of carbonyl (C=O) groups excluding carboxylic acids is 1. The van der Waals surface area contributed by atoms with Crippen molar-refractivity contribution in [2.75, 3.05) is 13.1 Å². The summed E-state index contributed by atoms with van der Waals surface area (Å²) >= 11 is 0. The Labute approximate surface area is 115 Å². The Morgan fingerprint density at radius 3 is 2.90 bits per heavy atom. The van der Waals surface area contributed by atoms with E-state index >= 15 is 0 Å². The second-order valence-corrected chi connectivity index (χ2v) is 4.89. The van der Waals surface area contributed by atoms with E-state index in [1.165, 1.54) is 6.92 Å². The summed E-state index contributed by atoms with van der Waals surface area (Å²) in [5, 5.41) is 16.9. The third-order valence-electron chi connectivity index (χ3n) is 3.32. The number of nitro benzene ring substituents is 1. The largest absolute Gasteiger partial charge is 0.348 e. The van der Waals surface area contributed by atoms with Crippen molar-refractivity contribution in [3.05, 3.63) is 39.2 Å². The predicted octanol–water partition coefficient (Wildman–Crippen LogP) is 1.52. The van der Waals surface area contributed by atoms with E-state index in [2.05, 4.69) is 10.6 Å². The molecule has 0 unspecified atom stereocenters. The third-order valence-corrected chi connectivity index (χ3v) is 3.32. The Morgan fingerprint density at radius 1 is 1.55 bits per heavy atom. The van der Waals surface area contributed by atoms with Crippen molar-refractivity contribution in [1.82, 2.24) is 10.6 Å². The molecule has 1 aromatic rings. The molecule has 20 heavy (non-hydrogen) atoms. The first-order chi connectivity index (χ1) is 9.49. The van der Waals surface area contributed by atoms with Crippen molar-refractivity contribution in [2.45, 2.75) is 25.8 Å². The number of rotatable bonds is 3. The van der Waals surface area contributed by atoms with Crippen molar-refractivity contribution < 1.29 is 14.1 Å². The molecule has 0 bridgehead atoms. The summed E-state index contributed by atoms with van der Waals surface area (Å²) in [7, 11) is 0. The molecule has 1 heterocycles. The van der Waals surface area contributed by atoms with Gasteiger partial charge in [-0.25, -0.2) is 4.39 Å². The van der Waals surface area contributed by atoms with Crippen molar-refractivity contribution in [2.24, 2.45) is 0 Å². The summed E-state index contributed by atoms with van der Waals surface area (Å²) < 4.78 is 13.4. The summed E-state index contributed by atoms with van der Waals surface area (Å²) in [6, 6.07) is 1.88. The molecule has 2 rings (SSSR count). The Balaban J connectivity index is 2.26. The summed E-state index contributed by atoms with van der Waals surface area (Å²) in [5.74, 6) is -1.26. The lowest BCUT2D eigenvalue weighted by Crippen LogP contribution is -2.45. The monoisotopic (exact) mass is 281 g/mol. The Hall–Kier alpha value is -2.02. The average molecular weight is 281 g/mol. The van der Waals surface area contributed by atoms with E-state index in [9.17, 15) is 19.3 Å². The van der Waals surface area contributed by atoms with E-state index in [1.807, 2.05) is 0 Å². The van der Waals surface area contributed by atoms with Crippen molar-refractivity contribution in [1.29, 1.82) is 0 Å². The van der Waals surface area contributed by atoms with Crippen LogP contribution in [0.4, 0.5) is 10.1 Å². The van der Waals surface area contributed by atoms with E-state index in [-0.39, 0.29) is 22.9 Å². The number of nitro groups is 1.